The van der Waals surface area contributed by atoms with Gasteiger partial charge in [-0.3, -0.25) is 4.98 Å². The Balaban J connectivity index is 1.71. The van der Waals surface area contributed by atoms with E-state index in [9.17, 15) is 0 Å². The Hall–Kier alpha value is -1.92. The Kier molecular flexibility index (Phi) is 4.24. The van der Waals surface area contributed by atoms with Crippen LogP contribution >= 0.6 is 0 Å². The average Bonchev–Trinajstić information content (AvgIpc) is 2.62. The fourth-order valence-electron chi connectivity index (χ4n) is 3.55. The van der Waals surface area contributed by atoms with E-state index in [0.29, 0.717) is 0 Å². The summed E-state index contributed by atoms with van der Waals surface area (Å²) in [6, 6.07) is 4.39. The van der Waals surface area contributed by atoms with E-state index in [-0.39, 0.29) is 0 Å². The van der Waals surface area contributed by atoms with Crippen LogP contribution in [0.25, 0.3) is 10.9 Å². The summed E-state index contributed by atoms with van der Waals surface area (Å²) in [7, 11) is 4.38. The summed E-state index contributed by atoms with van der Waals surface area (Å²) in [5.41, 5.74) is 2.31. The Labute approximate surface area is 143 Å². The number of piperazine rings is 2. The minimum atomic E-state index is 1.00. The zero-order chi connectivity index (χ0) is 16.5. The minimum Gasteiger partial charge on any atom is -0.368 e. The van der Waals surface area contributed by atoms with Crippen molar-refractivity contribution in [1.82, 2.24) is 19.8 Å². The van der Waals surface area contributed by atoms with Crippen molar-refractivity contribution in [3.63, 3.8) is 0 Å². The number of nitrogens with zero attached hydrogens (tertiary/aromatic N) is 6. The molecule has 2 aliphatic heterocycles. The van der Waals surface area contributed by atoms with Gasteiger partial charge < -0.3 is 19.6 Å². The van der Waals surface area contributed by atoms with Crippen LogP contribution in [0.3, 0.4) is 0 Å². The van der Waals surface area contributed by atoms with Gasteiger partial charge in [-0.15, -0.1) is 0 Å². The van der Waals surface area contributed by atoms with Gasteiger partial charge in [0.2, 0.25) is 0 Å². The second-order valence-electron chi connectivity index (χ2n) is 6.97. The van der Waals surface area contributed by atoms with Gasteiger partial charge in [0.25, 0.3) is 0 Å². The molecular weight excluding hydrogens is 300 g/mol. The highest BCUT2D eigenvalue weighted by atomic mass is 15.3. The van der Waals surface area contributed by atoms with Gasteiger partial charge in [-0.1, -0.05) is 0 Å². The highest BCUT2D eigenvalue weighted by Gasteiger charge is 2.21. The van der Waals surface area contributed by atoms with Crippen molar-refractivity contribution in [3.8, 4) is 0 Å². The van der Waals surface area contributed by atoms with E-state index in [2.05, 4.69) is 50.8 Å². The molecule has 0 aliphatic carbocycles. The number of pyridine rings is 2. The largest absolute Gasteiger partial charge is 0.368 e. The van der Waals surface area contributed by atoms with Crippen LogP contribution in [0.4, 0.5) is 11.5 Å². The molecule has 2 aliphatic rings. The first-order valence-corrected chi connectivity index (χ1v) is 8.82. The molecule has 6 nitrogen and oxygen atoms in total. The lowest BCUT2D eigenvalue weighted by molar-refractivity contribution is 0.311. The lowest BCUT2D eigenvalue weighted by atomic mass is 10.1. The molecule has 0 radical (unpaired) electrons. The molecule has 0 saturated carbocycles. The third-order valence-corrected chi connectivity index (χ3v) is 5.25. The second kappa shape index (κ2) is 6.53. The van der Waals surface area contributed by atoms with Crippen LogP contribution in [0.1, 0.15) is 0 Å². The SMILES string of the molecule is CN1CCN(c2cc(N3CCN(C)CC3)c3ccncc3n2)CC1. The molecule has 6 heteroatoms. The summed E-state index contributed by atoms with van der Waals surface area (Å²) in [6.07, 6.45) is 3.77. The summed E-state index contributed by atoms with van der Waals surface area (Å²) in [4.78, 5) is 18.9. The Morgan fingerprint density at radius 2 is 1.46 bits per heavy atom. The summed E-state index contributed by atoms with van der Waals surface area (Å²) in [6.45, 7) is 8.62. The molecule has 0 N–H and O–H groups in total. The van der Waals surface area contributed by atoms with Crippen LogP contribution in [0.2, 0.25) is 0 Å². The smallest absolute Gasteiger partial charge is 0.131 e. The number of fused-ring (bicyclic) bond motifs is 1. The van der Waals surface area contributed by atoms with E-state index in [1.54, 1.807) is 0 Å². The van der Waals surface area contributed by atoms with E-state index < -0.39 is 0 Å². The Morgan fingerprint density at radius 1 is 0.833 bits per heavy atom. The topological polar surface area (TPSA) is 38.7 Å². The molecule has 0 aromatic carbocycles. The van der Waals surface area contributed by atoms with Crippen molar-refractivity contribution in [2.75, 3.05) is 76.3 Å². The van der Waals surface area contributed by atoms with E-state index in [0.717, 1.165) is 63.7 Å². The summed E-state index contributed by atoms with van der Waals surface area (Å²) in [5.74, 6) is 1.09. The molecule has 0 unspecified atom stereocenters. The van der Waals surface area contributed by atoms with E-state index in [1.807, 2.05) is 12.4 Å². The lowest BCUT2D eigenvalue weighted by Gasteiger charge is -2.36. The predicted octanol–water partition coefficient (Wildman–Crippen LogP) is 1.13. The van der Waals surface area contributed by atoms with Gasteiger partial charge in [0.15, 0.2) is 0 Å². The van der Waals surface area contributed by atoms with Crippen molar-refractivity contribution in [1.29, 1.82) is 0 Å². The fourth-order valence-corrected chi connectivity index (χ4v) is 3.55. The zero-order valence-corrected chi connectivity index (χ0v) is 14.6. The first-order chi connectivity index (χ1) is 11.7. The number of rotatable bonds is 2. The third kappa shape index (κ3) is 3.03. The van der Waals surface area contributed by atoms with Gasteiger partial charge in [-0.25, -0.2) is 4.98 Å². The van der Waals surface area contributed by atoms with E-state index in [1.165, 1.54) is 11.1 Å². The number of anilines is 2. The number of aromatic nitrogens is 2. The van der Waals surface area contributed by atoms with Crippen molar-refractivity contribution in [3.05, 3.63) is 24.5 Å². The number of hydrogen-bond acceptors (Lipinski definition) is 6. The average molecular weight is 326 g/mol. The first-order valence-electron chi connectivity index (χ1n) is 8.82. The van der Waals surface area contributed by atoms with Gasteiger partial charge in [-0.2, -0.15) is 0 Å². The monoisotopic (exact) mass is 326 g/mol. The summed E-state index contributed by atoms with van der Waals surface area (Å²) in [5, 5.41) is 1.22. The molecule has 2 aromatic rings. The van der Waals surface area contributed by atoms with Gasteiger partial charge >= 0.3 is 0 Å². The quantitative estimate of drug-likeness (QED) is 0.824. The first kappa shape index (κ1) is 15.6. The molecule has 0 spiro atoms. The van der Waals surface area contributed by atoms with Crippen LogP contribution in [0.5, 0.6) is 0 Å². The van der Waals surface area contributed by atoms with E-state index in [4.69, 9.17) is 4.98 Å². The standard InChI is InChI=1S/C18H26N6/c1-21-5-9-23(10-6-21)17-13-18(24-11-7-22(2)8-12-24)20-16-14-19-4-3-15(16)17/h3-4,13-14H,5-12H2,1-2H3. The third-order valence-electron chi connectivity index (χ3n) is 5.25. The molecule has 0 bridgehead atoms. The minimum absolute atomic E-state index is 1.00. The van der Waals surface area contributed by atoms with Gasteiger partial charge in [0.05, 0.1) is 17.4 Å². The molecule has 4 heterocycles. The summed E-state index contributed by atoms with van der Waals surface area (Å²) >= 11 is 0. The predicted molar refractivity (Wildman–Crippen MR) is 99.0 cm³/mol. The second-order valence-corrected chi connectivity index (χ2v) is 6.97. The van der Waals surface area contributed by atoms with Crippen LogP contribution in [0, 0.1) is 0 Å². The molecule has 4 rings (SSSR count). The molecule has 0 amide bonds. The molecule has 24 heavy (non-hydrogen) atoms. The van der Waals surface area contributed by atoms with Gasteiger partial charge in [0, 0.05) is 70.0 Å². The highest BCUT2D eigenvalue weighted by Crippen LogP contribution is 2.30. The van der Waals surface area contributed by atoms with Crippen LogP contribution < -0.4 is 9.80 Å². The van der Waals surface area contributed by atoms with Gasteiger partial charge in [0.1, 0.15) is 5.82 Å². The maximum Gasteiger partial charge on any atom is 0.131 e. The highest BCUT2D eigenvalue weighted by molar-refractivity contribution is 5.93. The van der Waals surface area contributed by atoms with Crippen molar-refractivity contribution >= 4 is 22.4 Å². The van der Waals surface area contributed by atoms with E-state index >= 15 is 0 Å². The van der Waals surface area contributed by atoms with Gasteiger partial charge in [-0.05, 0) is 20.2 Å². The molecule has 2 saturated heterocycles. The number of likely N-dealkylation sites (N-methyl/N-ethyl adjacent to an activating group) is 2. The van der Waals surface area contributed by atoms with Crippen molar-refractivity contribution in [2.45, 2.75) is 0 Å². The fraction of sp³-hybridized carbons (Fsp3) is 0.556. The lowest BCUT2D eigenvalue weighted by Crippen LogP contribution is -2.45. The maximum atomic E-state index is 4.90. The zero-order valence-electron chi connectivity index (χ0n) is 14.6. The number of hydrogen-bond donors (Lipinski definition) is 0. The van der Waals surface area contributed by atoms with Crippen LogP contribution in [-0.4, -0.2) is 86.2 Å². The molecule has 128 valence electrons. The molecule has 0 atom stereocenters. The normalized spacial score (nSPS) is 20.8. The van der Waals surface area contributed by atoms with Crippen LogP contribution in [0.15, 0.2) is 24.5 Å². The molecule has 2 aromatic heterocycles. The Bertz CT molecular complexity index is 702. The van der Waals surface area contributed by atoms with Crippen molar-refractivity contribution in [2.24, 2.45) is 0 Å². The Morgan fingerprint density at radius 3 is 2.12 bits per heavy atom. The molecule has 2 fully saturated rings. The molecular formula is C18H26N6. The van der Waals surface area contributed by atoms with Crippen molar-refractivity contribution < 1.29 is 0 Å². The van der Waals surface area contributed by atoms with Crippen LogP contribution in [-0.2, 0) is 0 Å². The summed E-state index contributed by atoms with van der Waals surface area (Å²) < 4.78 is 0. The maximum absolute atomic E-state index is 4.90.